The third kappa shape index (κ3) is 0.987. The second kappa shape index (κ2) is 1.77. The van der Waals surface area contributed by atoms with Crippen molar-refractivity contribution in [2.75, 3.05) is 5.73 Å². The second-order valence-electron chi connectivity index (χ2n) is 1.50. The van der Waals surface area contributed by atoms with E-state index in [9.17, 15) is 4.79 Å². The highest BCUT2D eigenvalue weighted by molar-refractivity contribution is 5.90. The topological polar surface area (TPSA) is 95.6 Å². The Morgan fingerprint density at radius 2 is 2.56 bits per heavy atom. The number of anilines is 1. The van der Waals surface area contributed by atoms with Gasteiger partial charge >= 0.3 is 0 Å². The zero-order valence-corrected chi connectivity index (χ0v) is 4.51. The Labute approximate surface area is 51.1 Å². The fraction of sp³-hybridized carbons (Fsp3) is 0. The first kappa shape index (κ1) is 5.61. The maximum atomic E-state index is 10.2. The number of amides is 1. The van der Waals surface area contributed by atoms with E-state index in [2.05, 4.69) is 9.97 Å². The molecular formula is C4H5N4O. The van der Waals surface area contributed by atoms with Crippen molar-refractivity contribution >= 4 is 11.9 Å². The van der Waals surface area contributed by atoms with Crippen LogP contribution < -0.4 is 11.5 Å². The molecule has 1 aromatic rings. The van der Waals surface area contributed by atoms with Crippen LogP contribution >= 0.6 is 0 Å². The number of rotatable bonds is 1. The van der Waals surface area contributed by atoms with Crippen molar-refractivity contribution in [1.82, 2.24) is 15.7 Å². The van der Waals surface area contributed by atoms with Gasteiger partial charge in [0.2, 0.25) is 0 Å². The molecule has 0 saturated carbocycles. The average Bonchev–Trinajstić information content (AvgIpc) is 2.14. The number of aromatic nitrogens is 2. The fourth-order valence-corrected chi connectivity index (χ4v) is 0.453. The molecule has 0 aromatic carbocycles. The molecule has 1 aromatic heterocycles. The van der Waals surface area contributed by atoms with Crippen LogP contribution in [0.4, 0.5) is 5.95 Å². The molecule has 1 radical (unpaired) electrons. The standard InChI is InChI=1S/C4H5N4O/c5-3(9)2-1-7-4(6)8-2/h1,5H,(H3,6,7,8). The lowest BCUT2D eigenvalue weighted by Gasteiger charge is -1.78. The van der Waals surface area contributed by atoms with Gasteiger partial charge in [-0.3, -0.25) is 10.5 Å². The Kier molecular flexibility index (Phi) is 1.11. The minimum absolute atomic E-state index is 0.0486. The highest BCUT2D eigenvalue weighted by Crippen LogP contribution is 1.95. The largest absolute Gasteiger partial charge is 0.369 e. The van der Waals surface area contributed by atoms with E-state index in [1.807, 2.05) is 0 Å². The van der Waals surface area contributed by atoms with Gasteiger partial charge in [-0.15, -0.1) is 0 Å². The van der Waals surface area contributed by atoms with Crippen LogP contribution in [0.25, 0.3) is 0 Å². The molecule has 5 nitrogen and oxygen atoms in total. The third-order valence-corrected chi connectivity index (χ3v) is 0.830. The normalized spacial score (nSPS) is 9.33. The van der Waals surface area contributed by atoms with Gasteiger partial charge in [-0.2, -0.15) is 0 Å². The number of nitrogens with zero attached hydrogens (tertiary/aromatic N) is 1. The van der Waals surface area contributed by atoms with Gasteiger partial charge in [0.15, 0.2) is 5.95 Å². The Morgan fingerprint density at radius 1 is 1.89 bits per heavy atom. The molecular weight excluding hydrogens is 120 g/mol. The number of nitrogen functional groups attached to an aromatic ring is 1. The van der Waals surface area contributed by atoms with Crippen molar-refractivity contribution in [3.63, 3.8) is 0 Å². The predicted molar refractivity (Wildman–Crippen MR) is 30.4 cm³/mol. The van der Waals surface area contributed by atoms with Gasteiger partial charge in [-0.05, 0) is 0 Å². The summed E-state index contributed by atoms with van der Waals surface area (Å²) in [4.78, 5) is 16.2. The van der Waals surface area contributed by atoms with E-state index in [0.29, 0.717) is 0 Å². The van der Waals surface area contributed by atoms with Crippen LogP contribution in [0.15, 0.2) is 6.20 Å². The molecule has 1 rings (SSSR count). The molecule has 47 valence electrons. The zero-order chi connectivity index (χ0) is 6.85. The molecule has 0 unspecified atom stereocenters. The van der Waals surface area contributed by atoms with Gasteiger partial charge in [0.1, 0.15) is 5.69 Å². The lowest BCUT2D eigenvalue weighted by Crippen LogP contribution is -1.98. The number of carbonyl (C=O) groups excluding carboxylic acids is 1. The maximum Gasteiger partial charge on any atom is 0.289 e. The van der Waals surface area contributed by atoms with Crippen LogP contribution in [0.3, 0.4) is 0 Å². The van der Waals surface area contributed by atoms with Crippen molar-refractivity contribution in [2.45, 2.75) is 0 Å². The van der Waals surface area contributed by atoms with E-state index in [-0.39, 0.29) is 11.6 Å². The van der Waals surface area contributed by atoms with Crippen LogP contribution in [0.5, 0.6) is 0 Å². The molecule has 0 aliphatic heterocycles. The summed E-state index contributed by atoms with van der Waals surface area (Å²) in [5.74, 6) is -0.673. The minimum Gasteiger partial charge on any atom is -0.369 e. The Balaban J connectivity index is 2.98. The minimum atomic E-state index is -0.831. The predicted octanol–water partition coefficient (Wildman–Crippen LogP) is -0.585. The first-order valence-electron chi connectivity index (χ1n) is 2.27. The fourth-order valence-electron chi connectivity index (χ4n) is 0.453. The quantitative estimate of drug-likeness (QED) is 0.525. The Morgan fingerprint density at radius 3 is 2.78 bits per heavy atom. The van der Waals surface area contributed by atoms with Crippen LogP contribution in [-0.4, -0.2) is 15.9 Å². The number of carbonyl (C=O) groups is 1. The van der Waals surface area contributed by atoms with Crippen LogP contribution in [0.1, 0.15) is 10.5 Å². The van der Waals surface area contributed by atoms with Crippen LogP contribution in [0, 0.1) is 0 Å². The highest BCUT2D eigenvalue weighted by Gasteiger charge is 2.02. The van der Waals surface area contributed by atoms with Crippen LogP contribution in [-0.2, 0) is 0 Å². The van der Waals surface area contributed by atoms with E-state index in [4.69, 9.17) is 11.5 Å². The van der Waals surface area contributed by atoms with Crippen molar-refractivity contribution in [2.24, 2.45) is 0 Å². The SMILES string of the molecule is [NH]C(=O)c1c[nH]c(N)n1. The number of hydrogen-bond donors (Lipinski definition) is 2. The average molecular weight is 125 g/mol. The molecule has 0 aliphatic rings. The van der Waals surface area contributed by atoms with Crippen molar-refractivity contribution in [3.8, 4) is 0 Å². The van der Waals surface area contributed by atoms with Crippen molar-refractivity contribution < 1.29 is 4.79 Å². The number of aromatic amines is 1. The van der Waals surface area contributed by atoms with Gasteiger partial charge in [0, 0.05) is 6.20 Å². The monoisotopic (exact) mass is 125 g/mol. The summed E-state index contributed by atoms with van der Waals surface area (Å²) in [5.41, 5.74) is 11.7. The smallest absolute Gasteiger partial charge is 0.289 e. The zero-order valence-electron chi connectivity index (χ0n) is 4.51. The van der Waals surface area contributed by atoms with Gasteiger partial charge in [0.25, 0.3) is 5.91 Å². The lowest BCUT2D eigenvalue weighted by atomic mass is 10.5. The van der Waals surface area contributed by atoms with E-state index >= 15 is 0 Å². The van der Waals surface area contributed by atoms with Crippen LogP contribution in [0.2, 0.25) is 0 Å². The molecule has 0 bridgehead atoms. The number of nitrogens with one attached hydrogen (secondary N) is 2. The summed E-state index contributed by atoms with van der Waals surface area (Å²) in [6, 6.07) is 0. The lowest BCUT2D eigenvalue weighted by molar-refractivity contribution is 0.0988. The van der Waals surface area contributed by atoms with Crippen molar-refractivity contribution in [1.29, 1.82) is 0 Å². The van der Waals surface area contributed by atoms with Crippen molar-refractivity contribution in [3.05, 3.63) is 11.9 Å². The number of imidazole rings is 1. The number of H-pyrrole nitrogens is 1. The molecule has 1 heterocycles. The van der Waals surface area contributed by atoms with E-state index in [1.54, 1.807) is 0 Å². The summed E-state index contributed by atoms with van der Waals surface area (Å²) in [6.07, 6.45) is 1.30. The molecule has 0 aliphatic carbocycles. The molecule has 1 amide bonds. The van der Waals surface area contributed by atoms with E-state index < -0.39 is 5.91 Å². The molecule has 5 heteroatoms. The molecule has 4 N–H and O–H groups in total. The Bertz CT molecular complexity index is 228. The van der Waals surface area contributed by atoms with E-state index in [0.717, 1.165) is 0 Å². The van der Waals surface area contributed by atoms with Gasteiger partial charge < -0.3 is 10.7 Å². The van der Waals surface area contributed by atoms with Gasteiger partial charge in [0.05, 0.1) is 0 Å². The van der Waals surface area contributed by atoms with E-state index in [1.165, 1.54) is 6.20 Å². The molecule has 9 heavy (non-hydrogen) atoms. The summed E-state index contributed by atoms with van der Waals surface area (Å²) >= 11 is 0. The molecule has 0 fully saturated rings. The molecule has 0 spiro atoms. The maximum absolute atomic E-state index is 10.2. The summed E-state index contributed by atoms with van der Waals surface area (Å²) in [5, 5.41) is 0. The third-order valence-electron chi connectivity index (χ3n) is 0.830. The summed E-state index contributed by atoms with van der Waals surface area (Å²) in [7, 11) is 0. The second-order valence-corrected chi connectivity index (χ2v) is 1.50. The Hall–Kier alpha value is -1.52. The first-order valence-corrected chi connectivity index (χ1v) is 2.27. The van der Waals surface area contributed by atoms with Gasteiger partial charge in [-0.1, -0.05) is 0 Å². The molecule has 0 saturated heterocycles. The molecule has 0 atom stereocenters. The summed E-state index contributed by atoms with van der Waals surface area (Å²) < 4.78 is 0. The first-order chi connectivity index (χ1) is 4.20. The van der Waals surface area contributed by atoms with Gasteiger partial charge in [-0.25, -0.2) is 4.98 Å². The highest BCUT2D eigenvalue weighted by atomic mass is 16.1. The number of hydrogen-bond acceptors (Lipinski definition) is 3. The number of nitrogens with two attached hydrogens (primary N) is 1. The summed E-state index contributed by atoms with van der Waals surface area (Å²) in [6.45, 7) is 0.